The topological polar surface area (TPSA) is 15.3 Å². The number of rotatable bonds is 4. The van der Waals surface area contributed by atoms with Crippen LogP contribution in [0, 0.1) is 0 Å². The highest BCUT2D eigenvalue weighted by Gasteiger charge is 2.17. The number of thiophene rings is 1. The maximum Gasteiger partial charge on any atom is 0.0192 e. The molecule has 0 aliphatic carbocycles. The maximum absolute atomic E-state index is 3.39. The van der Waals surface area contributed by atoms with E-state index in [-0.39, 0.29) is 0 Å². The van der Waals surface area contributed by atoms with Crippen LogP contribution in [0.25, 0.3) is 0 Å². The van der Waals surface area contributed by atoms with Crippen molar-refractivity contribution in [3.05, 3.63) is 22.4 Å². The Balaban J connectivity index is 1.74. The molecule has 0 spiro atoms. The van der Waals surface area contributed by atoms with Crippen LogP contribution in [0.2, 0.25) is 0 Å². The lowest BCUT2D eigenvalue weighted by molar-refractivity contribution is 0.197. The lowest BCUT2D eigenvalue weighted by Gasteiger charge is -2.32. The van der Waals surface area contributed by atoms with Crippen LogP contribution in [0.15, 0.2) is 17.5 Å². The first-order valence-corrected chi connectivity index (χ1v) is 6.68. The minimum Gasteiger partial charge on any atom is -0.316 e. The van der Waals surface area contributed by atoms with Gasteiger partial charge in [-0.2, -0.15) is 0 Å². The Hall–Kier alpha value is -0.380. The van der Waals surface area contributed by atoms with Crippen molar-refractivity contribution in [1.82, 2.24) is 10.2 Å². The monoisotopic (exact) mass is 224 g/mol. The number of hydrogen-bond acceptors (Lipinski definition) is 3. The number of hydrogen-bond donors (Lipinski definition) is 1. The Bertz CT molecular complexity index is 271. The first kappa shape index (κ1) is 11.1. The van der Waals surface area contributed by atoms with Crippen molar-refractivity contribution in [1.29, 1.82) is 0 Å². The van der Waals surface area contributed by atoms with Gasteiger partial charge in [0.25, 0.3) is 0 Å². The van der Waals surface area contributed by atoms with E-state index in [2.05, 4.69) is 34.8 Å². The van der Waals surface area contributed by atoms with Crippen molar-refractivity contribution >= 4 is 11.3 Å². The van der Waals surface area contributed by atoms with Gasteiger partial charge in [0, 0.05) is 24.0 Å². The van der Waals surface area contributed by atoms with Gasteiger partial charge in [-0.3, -0.25) is 0 Å². The van der Waals surface area contributed by atoms with E-state index >= 15 is 0 Å². The van der Waals surface area contributed by atoms with Crippen molar-refractivity contribution in [2.75, 3.05) is 26.7 Å². The molecule has 0 radical (unpaired) electrons. The molecule has 1 aliphatic heterocycles. The summed E-state index contributed by atoms with van der Waals surface area (Å²) in [6, 6.07) is 5.10. The van der Waals surface area contributed by atoms with Crippen LogP contribution in [-0.2, 0) is 6.42 Å². The van der Waals surface area contributed by atoms with E-state index in [1.807, 2.05) is 11.3 Å². The Morgan fingerprint density at radius 3 is 3.27 bits per heavy atom. The third-order valence-corrected chi connectivity index (χ3v) is 4.10. The third kappa shape index (κ3) is 3.30. The maximum atomic E-state index is 3.39. The normalized spacial score (nSPS) is 23.1. The first-order chi connectivity index (χ1) is 7.38. The Morgan fingerprint density at radius 2 is 2.53 bits per heavy atom. The molecule has 1 saturated heterocycles. The minimum atomic E-state index is 0.710. The van der Waals surface area contributed by atoms with Gasteiger partial charge in [-0.05, 0) is 44.3 Å². The van der Waals surface area contributed by atoms with Crippen LogP contribution in [0.3, 0.4) is 0 Å². The van der Waals surface area contributed by atoms with Gasteiger partial charge in [-0.15, -0.1) is 11.3 Å². The standard InChI is InChI=1S/C12H20N2S/c1-13-11-4-2-7-14(10-11)8-6-12-5-3-9-15-12/h3,5,9,11,13H,2,4,6-8,10H2,1H3. The second-order valence-corrected chi connectivity index (χ2v) is 5.29. The van der Waals surface area contributed by atoms with E-state index in [9.17, 15) is 0 Å². The largest absolute Gasteiger partial charge is 0.316 e. The summed E-state index contributed by atoms with van der Waals surface area (Å²) >= 11 is 1.88. The van der Waals surface area contributed by atoms with E-state index in [1.54, 1.807) is 0 Å². The van der Waals surface area contributed by atoms with Gasteiger partial charge in [0.2, 0.25) is 0 Å². The van der Waals surface area contributed by atoms with Crippen LogP contribution in [0.4, 0.5) is 0 Å². The summed E-state index contributed by atoms with van der Waals surface area (Å²) in [6.45, 7) is 3.73. The first-order valence-electron chi connectivity index (χ1n) is 5.80. The molecular formula is C12H20N2S. The molecule has 2 heterocycles. The predicted molar refractivity (Wildman–Crippen MR) is 66.5 cm³/mol. The predicted octanol–water partition coefficient (Wildman–Crippen LogP) is 1.97. The zero-order valence-electron chi connectivity index (χ0n) is 9.41. The number of likely N-dealkylation sites (tertiary alicyclic amines) is 1. The highest BCUT2D eigenvalue weighted by atomic mass is 32.1. The molecule has 84 valence electrons. The summed E-state index contributed by atoms with van der Waals surface area (Å²) in [4.78, 5) is 4.10. The Kier molecular flexibility index (Phi) is 4.18. The van der Waals surface area contributed by atoms with Crippen molar-refractivity contribution in [2.24, 2.45) is 0 Å². The fourth-order valence-corrected chi connectivity index (χ4v) is 2.92. The number of nitrogens with one attached hydrogen (secondary N) is 1. The van der Waals surface area contributed by atoms with E-state index in [0.29, 0.717) is 6.04 Å². The molecule has 1 aromatic heterocycles. The van der Waals surface area contributed by atoms with E-state index in [4.69, 9.17) is 0 Å². The highest BCUT2D eigenvalue weighted by molar-refractivity contribution is 7.09. The molecule has 1 aliphatic rings. The average molecular weight is 224 g/mol. The Labute approximate surface area is 96.3 Å². The van der Waals surface area contributed by atoms with Crippen LogP contribution >= 0.6 is 11.3 Å². The second-order valence-electron chi connectivity index (χ2n) is 4.26. The summed E-state index contributed by atoms with van der Waals surface area (Å²) in [5.41, 5.74) is 0. The van der Waals surface area contributed by atoms with Crippen LogP contribution in [-0.4, -0.2) is 37.6 Å². The zero-order chi connectivity index (χ0) is 10.5. The highest BCUT2D eigenvalue weighted by Crippen LogP contribution is 2.13. The molecule has 2 rings (SSSR count). The smallest absolute Gasteiger partial charge is 0.0192 e. The third-order valence-electron chi connectivity index (χ3n) is 3.17. The Morgan fingerprint density at radius 1 is 1.60 bits per heavy atom. The lowest BCUT2D eigenvalue weighted by Crippen LogP contribution is -2.44. The molecule has 1 unspecified atom stereocenters. The second kappa shape index (κ2) is 5.64. The van der Waals surface area contributed by atoms with Gasteiger partial charge < -0.3 is 10.2 Å². The van der Waals surface area contributed by atoms with Gasteiger partial charge in [-0.25, -0.2) is 0 Å². The molecule has 2 nitrogen and oxygen atoms in total. The molecule has 1 atom stereocenters. The number of piperidine rings is 1. The summed E-state index contributed by atoms with van der Waals surface area (Å²) in [5, 5.41) is 5.56. The SMILES string of the molecule is CNC1CCCN(CCc2cccs2)C1. The van der Waals surface area contributed by atoms with Crippen molar-refractivity contribution < 1.29 is 0 Å². The average Bonchev–Trinajstić information content (AvgIpc) is 2.79. The molecule has 1 aromatic rings. The van der Waals surface area contributed by atoms with Gasteiger partial charge in [0.1, 0.15) is 0 Å². The fraction of sp³-hybridized carbons (Fsp3) is 0.667. The minimum absolute atomic E-state index is 0.710. The zero-order valence-corrected chi connectivity index (χ0v) is 10.2. The van der Waals surface area contributed by atoms with Crippen molar-refractivity contribution in [3.8, 4) is 0 Å². The number of nitrogens with zero attached hydrogens (tertiary/aromatic N) is 1. The van der Waals surface area contributed by atoms with Crippen LogP contribution in [0.5, 0.6) is 0 Å². The van der Waals surface area contributed by atoms with E-state index in [1.165, 1.54) is 43.8 Å². The number of likely N-dealkylation sites (N-methyl/N-ethyl adjacent to an activating group) is 1. The van der Waals surface area contributed by atoms with Gasteiger partial charge in [0.05, 0.1) is 0 Å². The molecule has 3 heteroatoms. The molecule has 0 amide bonds. The molecular weight excluding hydrogens is 204 g/mol. The van der Waals surface area contributed by atoms with Gasteiger partial charge in [0.15, 0.2) is 0 Å². The lowest BCUT2D eigenvalue weighted by atomic mass is 10.1. The summed E-state index contributed by atoms with van der Waals surface area (Å²) < 4.78 is 0. The molecule has 0 aromatic carbocycles. The van der Waals surface area contributed by atoms with Crippen molar-refractivity contribution in [3.63, 3.8) is 0 Å². The molecule has 0 saturated carbocycles. The molecule has 1 fully saturated rings. The quantitative estimate of drug-likeness (QED) is 0.841. The van der Waals surface area contributed by atoms with Crippen molar-refractivity contribution in [2.45, 2.75) is 25.3 Å². The molecule has 0 bridgehead atoms. The molecule has 1 N–H and O–H groups in total. The van der Waals surface area contributed by atoms with E-state index in [0.717, 1.165) is 0 Å². The summed E-state index contributed by atoms with van der Waals surface area (Å²) in [6.07, 6.45) is 3.90. The molecule has 15 heavy (non-hydrogen) atoms. The van der Waals surface area contributed by atoms with E-state index < -0.39 is 0 Å². The summed E-state index contributed by atoms with van der Waals surface area (Å²) in [7, 11) is 2.08. The van der Waals surface area contributed by atoms with Crippen LogP contribution < -0.4 is 5.32 Å². The van der Waals surface area contributed by atoms with Gasteiger partial charge in [-0.1, -0.05) is 6.07 Å². The summed E-state index contributed by atoms with van der Waals surface area (Å²) in [5.74, 6) is 0. The van der Waals surface area contributed by atoms with Crippen LogP contribution in [0.1, 0.15) is 17.7 Å². The fourth-order valence-electron chi connectivity index (χ4n) is 2.22. The van der Waals surface area contributed by atoms with Gasteiger partial charge >= 0.3 is 0 Å².